The Morgan fingerprint density at radius 3 is 1.89 bits per heavy atom. The van der Waals surface area contributed by atoms with Gasteiger partial charge in [0, 0.05) is 5.02 Å². The number of hydrogen-bond donors (Lipinski definition) is 1. The van der Waals surface area contributed by atoms with Crippen molar-refractivity contribution in [2.45, 2.75) is 11.8 Å². The number of benzene rings is 2. The molecule has 0 spiro atoms. The molecule has 19 heavy (non-hydrogen) atoms. The highest BCUT2D eigenvalue weighted by atomic mass is 35.5. The minimum atomic E-state index is -3.21. The van der Waals surface area contributed by atoms with E-state index in [1.807, 2.05) is 18.2 Å². The third-order valence-corrected chi connectivity index (χ3v) is 4.89. The second-order valence-electron chi connectivity index (χ2n) is 3.85. The summed E-state index contributed by atoms with van der Waals surface area (Å²) >= 11 is 9.31. The van der Waals surface area contributed by atoms with Crippen molar-refractivity contribution >= 4 is 34.1 Å². The summed E-state index contributed by atoms with van der Waals surface area (Å²) in [6.45, 7) is 2.08. The Kier molecular flexibility index (Phi) is 6.42. The maximum atomic E-state index is 11.2. The minimum absolute atomic E-state index is 0.186. The normalized spacial score (nSPS) is 10.5. The van der Waals surface area contributed by atoms with E-state index < -0.39 is 9.84 Å². The summed E-state index contributed by atoms with van der Waals surface area (Å²) in [5.41, 5.74) is 1.32. The van der Waals surface area contributed by atoms with E-state index in [-0.39, 0.29) is 9.98 Å². The van der Waals surface area contributed by atoms with Crippen molar-refractivity contribution in [2.75, 3.05) is 5.08 Å². The molecule has 0 amide bonds. The number of thiol groups is 1. The Hall–Kier alpha value is -0.970. The van der Waals surface area contributed by atoms with Crippen molar-refractivity contribution in [1.29, 1.82) is 0 Å². The van der Waals surface area contributed by atoms with Gasteiger partial charge in [-0.05, 0) is 31.2 Å². The fourth-order valence-electron chi connectivity index (χ4n) is 1.25. The third kappa shape index (κ3) is 5.68. The lowest BCUT2D eigenvalue weighted by Crippen LogP contribution is -2.01. The highest BCUT2D eigenvalue weighted by Gasteiger charge is 2.10. The van der Waals surface area contributed by atoms with Gasteiger partial charge in [0.2, 0.25) is 0 Å². The highest BCUT2D eigenvalue weighted by Crippen LogP contribution is 2.15. The van der Waals surface area contributed by atoms with Crippen molar-refractivity contribution < 1.29 is 8.42 Å². The molecule has 102 valence electrons. The Morgan fingerprint density at radius 2 is 1.53 bits per heavy atom. The summed E-state index contributed by atoms with van der Waals surface area (Å²) in [6, 6.07) is 16.3. The molecule has 0 saturated carbocycles. The van der Waals surface area contributed by atoms with Gasteiger partial charge in [-0.2, -0.15) is 12.6 Å². The average Bonchev–Trinajstić information content (AvgIpc) is 2.41. The molecule has 2 rings (SSSR count). The van der Waals surface area contributed by atoms with Gasteiger partial charge in [0.15, 0.2) is 9.84 Å². The number of rotatable bonds is 2. The van der Waals surface area contributed by atoms with Gasteiger partial charge < -0.3 is 0 Å². The predicted octanol–water partition coefficient (Wildman–Crippen LogP) is 4.00. The van der Waals surface area contributed by atoms with Gasteiger partial charge >= 0.3 is 0 Å². The van der Waals surface area contributed by atoms with Crippen LogP contribution in [0.5, 0.6) is 0 Å². The summed E-state index contributed by atoms with van der Waals surface area (Å²) in [4.78, 5) is 0.252. The van der Waals surface area contributed by atoms with E-state index in [1.54, 1.807) is 0 Å². The first-order valence-electron chi connectivity index (χ1n) is 5.56. The fraction of sp³-hybridized carbons (Fsp3) is 0.143. The van der Waals surface area contributed by atoms with E-state index in [0.29, 0.717) is 5.02 Å². The summed E-state index contributed by atoms with van der Waals surface area (Å²) in [6.07, 6.45) is 0. The lowest BCUT2D eigenvalue weighted by atomic mass is 10.2. The summed E-state index contributed by atoms with van der Waals surface area (Å²) in [7, 11) is -3.21. The highest BCUT2D eigenvalue weighted by molar-refractivity contribution is 8.03. The monoisotopic (exact) mass is 314 g/mol. The van der Waals surface area contributed by atoms with E-state index in [2.05, 4.69) is 31.7 Å². The van der Waals surface area contributed by atoms with Crippen LogP contribution < -0.4 is 0 Å². The van der Waals surface area contributed by atoms with Crippen LogP contribution in [-0.2, 0) is 9.84 Å². The SMILES string of the molecule is Cc1ccccc1.O=S(=O)(CS)c1ccc(Cl)cc1. The van der Waals surface area contributed by atoms with Gasteiger partial charge in [-0.25, -0.2) is 8.42 Å². The van der Waals surface area contributed by atoms with Crippen LogP contribution in [-0.4, -0.2) is 13.5 Å². The Balaban J connectivity index is 0.000000218. The van der Waals surface area contributed by atoms with Gasteiger partial charge in [0.25, 0.3) is 0 Å². The Morgan fingerprint density at radius 1 is 1.00 bits per heavy atom. The van der Waals surface area contributed by atoms with Crippen LogP contribution in [0.4, 0.5) is 0 Å². The van der Waals surface area contributed by atoms with Gasteiger partial charge in [-0.3, -0.25) is 0 Å². The molecule has 0 aliphatic heterocycles. The van der Waals surface area contributed by atoms with Crippen LogP contribution in [0.25, 0.3) is 0 Å². The average molecular weight is 315 g/mol. The van der Waals surface area contributed by atoms with Gasteiger partial charge in [-0.15, -0.1) is 0 Å². The van der Waals surface area contributed by atoms with Crippen molar-refractivity contribution in [3.63, 3.8) is 0 Å². The minimum Gasteiger partial charge on any atom is -0.223 e. The molecule has 0 aliphatic rings. The van der Waals surface area contributed by atoms with Gasteiger partial charge in [-0.1, -0.05) is 47.5 Å². The van der Waals surface area contributed by atoms with Crippen molar-refractivity contribution in [1.82, 2.24) is 0 Å². The largest absolute Gasteiger partial charge is 0.223 e. The molecule has 2 nitrogen and oxygen atoms in total. The number of hydrogen-bond acceptors (Lipinski definition) is 3. The maximum Gasteiger partial charge on any atom is 0.187 e. The molecular weight excluding hydrogens is 300 g/mol. The molecule has 5 heteroatoms. The quantitative estimate of drug-likeness (QED) is 0.850. The molecular formula is C14H15ClO2S2. The molecule has 0 radical (unpaired) electrons. The van der Waals surface area contributed by atoms with Crippen molar-refractivity contribution in [3.8, 4) is 0 Å². The van der Waals surface area contributed by atoms with Crippen LogP contribution >= 0.6 is 24.2 Å². The van der Waals surface area contributed by atoms with Gasteiger partial charge in [0.05, 0.1) is 9.98 Å². The number of aryl methyl sites for hydroxylation is 1. The second-order valence-corrected chi connectivity index (χ2v) is 7.02. The van der Waals surface area contributed by atoms with Crippen LogP contribution in [0.15, 0.2) is 59.5 Å². The first-order valence-corrected chi connectivity index (χ1v) is 8.23. The standard InChI is InChI=1S/C7H7ClO2S2.C7H8/c8-6-1-3-7(4-2-6)12(9,10)5-11;1-7-5-3-2-4-6-7/h1-4,11H,5H2;2-6H,1H3. The van der Waals surface area contributed by atoms with Crippen LogP contribution in [0, 0.1) is 6.92 Å². The zero-order valence-corrected chi connectivity index (χ0v) is 12.9. The van der Waals surface area contributed by atoms with Crippen molar-refractivity contribution in [3.05, 3.63) is 65.2 Å². The zero-order valence-electron chi connectivity index (χ0n) is 10.5. The third-order valence-electron chi connectivity index (χ3n) is 2.28. The predicted molar refractivity (Wildman–Crippen MR) is 83.7 cm³/mol. The molecule has 0 bridgehead atoms. The molecule has 0 aliphatic carbocycles. The molecule has 0 N–H and O–H groups in total. The fourth-order valence-corrected chi connectivity index (χ4v) is 2.52. The number of halogens is 1. The Labute approximate surface area is 124 Å². The molecule has 2 aromatic carbocycles. The Bertz CT molecular complexity index is 593. The topological polar surface area (TPSA) is 34.1 Å². The molecule has 0 fully saturated rings. The molecule has 0 heterocycles. The molecule has 0 aromatic heterocycles. The smallest absolute Gasteiger partial charge is 0.187 e. The number of sulfone groups is 1. The first kappa shape index (κ1) is 16.1. The van der Waals surface area contributed by atoms with Crippen LogP contribution in [0.1, 0.15) is 5.56 Å². The molecule has 0 atom stereocenters. The van der Waals surface area contributed by atoms with Crippen LogP contribution in [0.2, 0.25) is 5.02 Å². The lowest BCUT2D eigenvalue weighted by molar-refractivity contribution is 0.601. The van der Waals surface area contributed by atoms with Crippen molar-refractivity contribution in [2.24, 2.45) is 0 Å². The van der Waals surface area contributed by atoms with E-state index >= 15 is 0 Å². The molecule has 2 aromatic rings. The van der Waals surface area contributed by atoms with E-state index in [4.69, 9.17) is 11.6 Å². The van der Waals surface area contributed by atoms with Gasteiger partial charge in [0.1, 0.15) is 0 Å². The van der Waals surface area contributed by atoms with E-state index in [0.717, 1.165) is 0 Å². The van der Waals surface area contributed by atoms with Crippen LogP contribution in [0.3, 0.4) is 0 Å². The van der Waals surface area contributed by atoms with E-state index in [1.165, 1.54) is 29.8 Å². The summed E-state index contributed by atoms with van der Waals surface area (Å²) in [5, 5.41) is 0.336. The lowest BCUT2D eigenvalue weighted by Gasteiger charge is -1.99. The molecule has 0 unspecified atom stereocenters. The maximum absolute atomic E-state index is 11.2. The second kappa shape index (κ2) is 7.58. The summed E-state index contributed by atoms with van der Waals surface area (Å²) < 4.78 is 22.4. The summed E-state index contributed by atoms with van der Waals surface area (Å²) in [5.74, 6) is 0. The molecule has 0 saturated heterocycles. The zero-order chi connectivity index (χ0) is 14.3. The van der Waals surface area contributed by atoms with E-state index in [9.17, 15) is 8.42 Å². The first-order chi connectivity index (χ1) is 8.95.